The SMILES string of the molecule is CC(=O)Nc1ccc(C(=O)NCCc2nc(C)c(C)s2)cc1. The van der Waals surface area contributed by atoms with Gasteiger partial charge >= 0.3 is 0 Å². The van der Waals surface area contributed by atoms with Crippen molar-refractivity contribution in [3.63, 3.8) is 0 Å². The molecule has 0 aliphatic rings. The first-order valence-corrected chi connectivity index (χ1v) is 7.86. The number of rotatable bonds is 5. The number of carbonyl (C=O) groups is 2. The van der Waals surface area contributed by atoms with E-state index < -0.39 is 0 Å². The van der Waals surface area contributed by atoms with Gasteiger partial charge in [-0.25, -0.2) is 4.98 Å². The van der Waals surface area contributed by atoms with Gasteiger partial charge in [-0.2, -0.15) is 0 Å². The third-order valence-electron chi connectivity index (χ3n) is 3.16. The van der Waals surface area contributed by atoms with Crippen molar-refractivity contribution in [1.82, 2.24) is 10.3 Å². The van der Waals surface area contributed by atoms with E-state index in [0.717, 1.165) is 17.1 Å². The fraction of sp³-hybridized carbons (Fsp3) is 0.312. The van der Waals surface area contributed by atoms with Crippen LogP contribution in [0.3, 0.4) is 0 Å². The molecule has 0 radical (unpaired) electrons. The number of aryl methyl sites for hydroxylation is 2. The molecule has 5 nitrogen and oxygen atoms in total. The highest BCUT2D eigenvalue weighted by molar-refractivity contribution is 7.11. The van der Waals surface area contributed by atoms with Crippen LogP contribution >= 0.6 is 11.3 Å². The number of nitrogens with one attached hydrogen (secondary N) is 2. The highest BCUT2D eigenvalue weighted by Gasteiger charge is 2.07. The summed E-state index contributed by atoms with van der Waals surface area (Å²) in [5.41, 5.74) is 2.30. The first kappa shape index (κ1) is 16.2. The Morgan fingerprint density at radius 3 is 2.41 bits per heavy atom. The van der Waals surface area contributed by atoms with Gasteiger partial charge in [0.2, 0.25) is 5.91 Å². The molecule has 6 heteroatoms. The van der Waals surface area contributed by atoms with Gasteiger partial charge in [0.25, 0.3) is 5.91 Å². The molecule has 1 aromatic carbocycles. The first-order valence-electron chi connectivity index (χ1n) is 7.04. The Balaban J connectivity index is 1.85. The third-order valence-corrected chi connectivity index (χ3v) is 4.30. The van der Waals surface area contributed by atoms with Crippen molar-refractivity contribution in [2.24, 2.45) is 0 Å². The Labute approximate surface area is 133 Å². The predicted molar refractivity (Wildman–Crippen MR) is 88.4 cm³/mol. The molecule has 2 N–H and O–H groups in total. The molecule has 0 aliphatic heterocycles. The van der Waals surface area contributed by atoms with E-state index in [1.807, 2.05) is 13.8 Å². The number of thiazole rings is 1. The normalized spacial score (nSPS) is 10.3. The molecule has 2 aromatic rings. The van der Waals surface area contributed by atoms with E-state index in [1.54, 1.807) is 35.6 Å². The van der Waals surface area contributed by atoms with Crippen molar-refractivity contribution < 1.29 is 9.59 Å². The van der Waals surface area contributed by atoms with E-state index in [4.69, 9.17) is 0 Å². The molecule has 1 heterocycles. The molecule has 0 spiro atoms. The lowest BCUT2D eigenvalue weighted by Gasteiger charge is -2.06. The van der Waals surface area contributed by atoms with Crippen molar-refractivity contribution >= 4 is 28.8 Å². The number of benzene rings is 1. The fourth-order valence-electron chi connectivity index (χ4n) is 1.94. The maximum atomic E-state index is 12.0. The Morgan fingerprint density at radius 1 is 1.18 bits per heavy atom. The summed E-state index contributed by atoms with van der Waals surface area (Å²) in [5.74, 6) is -0.259. The molecule has 1 aromatic heterocycles. The van der Waals surface area contributed by atoms with Gasteiger partial charge in [-0.05, 0) is 38.1 Å². The number of aromatic nitrogens is 1. The maximum Gasteiger partial charge on any atom is 0.251 e. The van der Waals surface area contributed by atoms with Crippen molar-refractivity contribution in [3.8, 4) is 0 Å². The van der Waals surface area contributed by atoms with Gasteiger partial charge in [-0.1, -0.05) is 0 Å². The second-order valence-electron chi connectivity index (χ2n) is 5.01. The quantitative estimate of drug-likeness (QED) is 0.890. The molecular formula is C16H19N3O2S. The van der Waals surface area contributed by atoms with Crippen molar-refractivity contribution in [2.45, 2.75) is 27.2 Å². The molecule has 2 amide bonds. The summed E-state index contributed by atoms with van der Waals surface area (Å²) in [7, 11) is 0. The Morgan fingerprint density at radius 2 is 1.86 bits per heavy atom. The number of hydrogen-bond acceptors (Lipinski definition) is 4. The van der Waals surface area contributed by atoms with Gasteiger partial charge < -0.3 is 10.6 Å². The van der Waals surface area contributed by atoms with Crippen LogP contribution in [0, 0.1) is 13.8 Å². The molecule has 0 atom stereocenters. The topological polar surface area (TPSA) is 71.1 Å². The van der Waals surface area contributed by atoms with E-state index in [9.17, 15) is 9.59 Å². The highest BCUT2D eigenvalue weighted by atomic mass is 32.1. The lowest BCUT2D eigenvalue weighted by molar-refractivity contribution is -0.114. The summed E-state index contributed by atoms with van der Waals surface area (Å²) in [6.07, 6.45) is 0.731. The summed E-state index contributed by atoms with van der Waals surface area (Å²) in [5, 5.41) is 6.58. The maximum absolute atomic E-state index is 12.0. The van der Waals surface area contributed by atoms with Crippen LogP contribution in [0.25, 0.3) is 0 Å². The smallest absolute Gasteiger partial charge is 0.251 e. The number of amides is 2. The van der Waals surface area contributed by atoms with E-state index in [2.05, 4.69) is 15.6 Å². The largest absolute Gasteiger partial charge is 0.352 e. The zero-order valence-corrected chi connectivity index (χ0v) is 13.7. The molecule has 0 unspecified atom stereocenters. The molecule has 0 saturated heterocycles. The predicted octanol–water partition coefficient (Wildman–Crippen LogP) is 2.69. The summed E-state index contributed by atoms with van der Waals surface area (Å²) in [6, 6.07) is 6.81. The molecule has 0 aliphatic carbocycles. The number of carbonyl (C=O) groups excluding carboxylic acids is 2. The molecule has 0 bridgehead atoms. The minimum atomic E-state index is -0.133. The van der Waals surface area contributed by atoms with Gasteiger partial charge in [-0.3, -0.25) is 9.59 Å². The summed E-state index contributed by atoms with van der Waals surface area (Å²) < 4.78 is 0. The second-order valence-corrected chi connectivity index (χ2v) is 6.30. The van der Waals surface area contributed by atoms with E-state index >= 15 is 0 Å². The number of hydrogen-bond donors (Lipinski definition) is 2. The van der Waals surface area contributed by atoms with Gasteiger partial charge in [0.1, 0.15) is 0 Å². The van der Waals surface area contributed by atoms with Crippen molar-refractivity contribution in [2.75, 3.05) is 11.9 Å². The van der Waals surface area contributed by atoms with Crippen LogP contribution in [0.5, 0.6) is 0 Å². The zero-order chi connectivity index (χ0) is 16.1. The lowest BCUT2D eigenvalue weighted by atomic mass is 10.2. The monoisotopic (exact) mass is 317 g/mol. The van der Waals surface area contributed by atoms with E-state index in [-0.39, 0.29) is 11.8 Å². The lowest BCUT2D eigenvalue weighted by Crippen LogP contribution is -2.25. The first-order chi connectivity index (χ1) is 10.5. The van der Waals surface area contributed by atoms with Crippen LogP contribution in [-0.2, 0) is 11.2 Å². The minimum absolute atomic E-state index is 0.126. The zero-order valence-electron chi connectivity index (χ0n) is 12.9. The van der Waals surface area contributed by atoms with Crippen LogP contribution in [0.2, 0.25) is 0 Å². The minimum Gasteiger partial charge on any atom is -0.352 e. The molecule has 0 saturated carbocycles. The average Bonchev–Trinajstić information content (AvgIpc) is 2.77. The van der Waals surface area contributed by atoms with Gasteiger partial charge in [0.05, 0.1) is 10.7 Å². The highest BCUT2D eigenvalue weighted by Crippen LogP contribution is 2.16. The third kappa shape index (κ3) is 4.39. The number of anilines is 1. The van der Waals surface area contributed by atoms with Gasteiger partial charge in [-0.15, -0.1) is 11.3 Å². The summed E-state index contributed by atoms with van der Waals surface area (Å²) in [6.45, 7) is 6.04. The van der Waals surface area contributed by atoms with Crippen LogP contribution in [0.15, 0.2) is 24.3 Å². The second kappa shape index (κ2) is 7.17. The van der Waals surface area contributed by atoms with E-state index in [1.165, 1.54) is 11.8 Å². The summed E-state index contributed by atoms with van der Waals surface area (Å²) in [4.78, 5) is 28.6. The van der Waals surface area contributed by atoms with Crippen LogP contribution < -0.4 is 10.6 Å². The van der Waals surface area contributed by atoms with Crippen molar-refractivity contribution in [3.05, 3.63) is 45.4 Å². The molecule has 116 valence electrons. The van der Waals surface area contributed by atoms with Crippen LogP contribution in [-0.4, -0.2) is 23.3 Å². The Kier molecular flexibility index (Phi) is 5.27. The van der Waals surface area contributed by atoms with Crippen LogP contribution in [0.1, 0.15) is 32.9 Å². The van der Waals surface area contributed by atoms with Crippen molar-refractivity contribution in [1.29, 1.82) is 0 Å². The average molecular weight is 317 g/mol. The fourth-order valence-corrected chi connectivity index (χ4v) is 2.87. The molecular weight excluding hydrogens is 298 g/mol. The molecule has 0 fully saturated rings. The van der Waals surface area contributed by atoms with Crippen LogP contribution in [0.4, 0.5) is 5.69 Å². The molecule has 22 heavy (non-hydrogen) atoms. The van der Waals surface area contributed by atoms with Gasteiger partial charge in [0, 0.05) is 36.0 Å². The Bertz CT molecular complexity index is 658. The number of nitrogens with zero attached hydrogens (tertiary/aromatic N) is 1. The standard InChI is InChI=1S/C16H19N3O2S/c1-10-11(2)22-15(18-10)8-9-17-16(21)13-4-6-14(7-5-13)19-12(3)20/h4-7H,8-9H2,1-3H3,(H,17,21)(H,19,20). The van der Waals surface area contributed by atoms with E-state index in [0.29, 0.717) is 17.8 Å². The Hall–Kier alpha value is -2.21. The summed E-state index contributed by atoms with van der Waals surface area (Å²) >= 11 is 1.67. The van der Waals surface area contributed by atoms with Gasteiger partial charge in [0.15, 0.2) is 0 Å². The molecule has 2 rings (SSSR count).